The normalized spacial score (nSPS) is 19.6. The topological polar surface area (TPSA) is 82.8 Å². The molecule has 6 heteroatoms. The molecule has 0 spiro atoms. The number of likely N-dealkylation sites (N-methyl/N-ethyl adjacent to an activating group) is 1. The first kappa shape index (κ1) is 12.5. The maximum atomic E-state index is 11.8. The van der Waals surface area contributed by atoms with Crippen molar-refractivity contribution in [3.63, 3.8) is 0 Å². The van der Waals surface area contributed by atoms with Crippen LogP contribution in [0, 0.1) is 0 Å². The number of carbonyl (C=O) groups is 2. The second-order valence-electron chi connectivity index (χ2n) is 4.26. The number of carboxylic acids is 1. The van der Waals surface area contributed by atoms with Crippen molar-refractivity contribution in [2.45, 2.75) is 25.3 Å². The van der Waals surface area contributed by atoms with E-state index in [1.807, 2.05) is 4.90 Å². The molecule has 1 saturated heterocycles. The number of carbonyl (C=O) groups excluding carboxylic acids is 1. The van der Waals surface area contributed by atoms with Crippen molar-refractivity contribution in [1.82, 2.24) is 5.32 Å². The van der Waals surface area contributed by atoms with Gasteiger partial charge in [0.1, 0.15) is 6.04 Å². The van der Waals surface area contributed by atoms with E-state index in [2.05, 4.69) is 5.32 Å². The Balaban J connectivity index is 2.22. The molecule has 0 aliphatic carbocycles. The average Bonchev–Trinajstić information content (AvgIpc) is 2.87. The van der Waals surface area contributed by atoms with Crippen molar-refractivity contribution < 1.29 is 19.1 Å². The molecule has 1 aromatic rings. The Morgan fingerprint density at radius 1 is 1.44 bits per heavy atom. The molecule has 0 saturated carbocycles. The van der Waals surface area contributed by atoms with Crippen LogP contribution in [-0.2, 0) is 4.79 Å². The first-order chi connectivity index (χ1) is 8.63. The van der Waals surface area contributed by atoms with Gasteiger partial charge in [0.15, 0.2) is 5.88 Å². The third-order valence-corrected chi connectivity index (χ3v) is 3.14. The summed E-state index contributed by atoms with van der Waals surface area (Å²) in [6, 6.07) is 2.73. The van der Waals surface area contributed by atoms with E-state index in [-0.39, 0.29) is 17.7 Å². The Morgan fingerprint density at radius 2 is 2.22 bits per heavy atom. The summed E-state index contributed by atoms with van der Waals surface area (Å²) in [4.78, 5) is 24.4. The summed E-state index contributed by atoms with van der Waals surface area (Å²) in [6.07, 6.45) is 2.71. The molecule has 98 valence electrons. The lowest BCUT2D eigenvalue weighted by atomic mass is 10.0. The number of hydrogen-bond acceptors (Lipinski definition) is 4. The van der Waals surface area contributed by atoms with Crippen LogP contribution in [0.2, 0.25) is 0 Å². The van der Waals surface area contributed by atoms with E-state index in [4.69, 9.17) is 9.52 Å². The Kier molecular flexibility index (Phi) is 3.55. The summed E-state index contributed by atoms with van der Waals surface area (Å²) in [5, 5.41) is 11.5. The van der Waals surface area contributed by atoms with Gasteiger partial charge in [-0.1, -0.05) is 0 Å². The van der Waals surface area contributed by atoms with E-state index in [1.165, 1.54) is 6.07 Å². The molecule has 1 fully saturated rings. The number of aromatic carboxylic acids is 1. The predicted octanol–water partition coefficient (Wildman–Crippen LogP) is 1.08. The molecule has 18 heavy (non-hydrogen) atoms. The highest BCUT2D eigenvalue weighted by Gasteiger charge is 2.30. The van der Waals surface area contributed by atoms with Crippen LogP contribution in [0.15, 0.2) is 16.5 Å². The number of piperidine rings is 1. The highest BCUT2D eigenvalue weighted by Crippen LogP contribution is 2.26. The Bertz CT molecular complexity index is 455. The Labute approximate surface area is 105 Å². The molecule has 1 unspecified atom stereocenters. The Hall–Kier alpha value is -1.98. The van der Waals surface area contributed by atoms with Crippen LogP contribution in [0.5, 0.6) is 0 Å². The molecule has 2 heterocycles. The molecule has 1 aliphatic rings. The van der Waals surface area contributed by atoms with Crippen molar-refractivity contribution in [3.05, 3.63) is 17.9 Å². The Morgan fingerprint density at radius 3 is 2.83 bits per heavy atom. The number of furan rings is 1. The van der Waals surface area contributed by atoms with Gasteiger partial charge in [-0.3, -0.25) is 4.79 Å². The zero-order valence-corrected chi connectivity index (χ0v) is 10.2. The molecule has 6 nitrogen and oxygen atoms in total. The third-order valence-electron chi connectivity index (χ3n) is 3.14. The van der Waals surface area contributed by atoms with Gasteiger partial charge in [0.2, 0.25) is 11.7 Å². The summed E-state index contributed by atoms with van der Waals surface area (Å²) in [7, 11) is 1.60. The fourth-order valence-electron chi connectivity index (χ4n) is 2.23. The zero-order valence-electron chi connectivity index (χ0n) is 10.2. The van der Waals surface area contributed by atoms with Gasteiger partial charge in [0, 0.05) is 19.7 Å². The van der Waals surface area contributed by atoms with Crippen LogP contribution in [0.4, 0.5) is 5.88 Å². The number of nitrogens with zero attached hydrogens (tertiary/aromatic N) is 1. The quantitative estimate of drug-likeness (QED) is 0.841. The monoisotopic (exact) mass is 252 g/mol. The first-order valence-corrected chi connectivity index (χ1v) is 5.95. The van der Waals surface area contributed by atoms with Crippen molar-refractivity contribution >= 4 is 17.8 Å². The van der Waals surface area contributed by atoms with Crippen molar-refractivity contribution in [2.24, 2.45) is 0 Å². The van der Waals surface area contributed by atoms with Gasteiger partial charge in [0.05, 0.1) is 0 Å². The van der Waals surface area contributed by atoms with E-state index < -0.39 is 5.97 Å². The van der Waals surface area contributed by atoms with Crippen LogP contribution in [-0.4, -0.2) is 36.6 Å². The van der Waals surface area contributed by atoms with Crippen LogP contribution in [0.1, 0.15) is 29.8 Å². The molecular weight excluding hydrogens is 236 g/mol. The van der Waals surface area contributed by atoms with Crippen LogP contribution < -0.4 is 10.2 Å². The zero-order chi connectivity index (χ0) is 13.1. The van der Waals surface area contributed by atoms with Gasteiger partial charge in [-0.15, -0.1) is 0 Å². The van der Waals surface area contributed by atoms with E-state index in [0.717, 1.165) is 19.3 Å². The molecule has 0 radical (unpaired) electrons. The molecule has 1 amide bonds. The summed E-state index contributed by atoms with van der Waals surface area (Å²) in [5.74, 6) is -0.829. The first-order valence-electron chi connectivity index (χ1n) is 5.95. The highest BCUT2D eigenvalue weighted by molar-refractivity contribution is 5.86. The minimum absolute atomic E-state index is 0.0667. The minimum atomic E-state index is -1.10. The molecule has 0 aromatic carbocycles. The number of nitrogens with one attached hydrogen (secondary N) is 1. The van der Waals surface area contributed by atoms with Gasteiger partial charge in [0.25, 0.3) is 0 Å². The van der Waals surface area contributed by atoms with Gasteiger partial charge in [-0.05, 0) is 25.3 Å². The van der Waals surface area contributed by atoms with E-state index in [0.29, 0.717) is 12.4 Å². The average molecular weight is 252 g/mol. The largest absolute Gasteiger partial charge is 0.475 e. The molecule has 2 N–H and O–H groups in total. The van der Waals surface area contributed by atoms with Gasteiger partial charge < -0.3 is 19.7 Å². The van der Waals surface area contributed by atoms with Gasteiger partial charge in [-0.2, -0.15) is 0 Å². The van der Waals surface area contributed by atoms with Crippen molar-refractivity contribution in [3.8, 4) is 0 Å². The SMILES string of the molecule is CNC(=O)C1CCCCN1c1ccc(C(=O)O)o1. The lowest BCUT2D eigenvalue weighted by molar-refractivity contribution is -0.122. The standard InChI is InChI=1S/C12H16N2O4/c1-13-11(15)8-4-2-3-7-14(8)10-6-5-9(18-10)12(16)17/h5-6,8H,2-4,7H2,1H3,(H,13,15)(H,16,17). The molecule has 0 bridgehead atoms. The minimum Gasteiger partial charge on any atom is -0.475 e. The van der Waals surface area contributed by atoms with Crippen LogP contribution in [0.25, 0.3) is 0 Å². The number of anilines is 1. The molecule has 1 atom stereocenters. The molecular formula is C12H16N2O4. The summed E-state index contributed by atoms with van der Waals surface area (Å²) in [6.45, 7) is 0.699. The van der Waals surface area contributed by atoms with E-state index in [9.17, 15) is 9.59 Å². The van der Waals surface area contributed by atoms with Crippen molar-refractivity contribution in [1.29, 1.82) is 0 Å². The predicted molar refractivity (Wildman–Crippen MR) is 64.7 cm³/mol. The fraction of sp³-hybridized carbons (Fsp3) is 0.500. The number of carboxylic acid groups (broad SMARTS) is 1. The van der Waals surface area contributed by atoms with E-state index in [1.54, 1.807) is 13.1 Å². The second-order valence-corrected chi connectivity index (χ2v) is 4.26. The van der Waals surface area contributed by atoms with Crippen LogP contribution >= 0.6 is 0 Å². The van der Waals surface area contributed by atoms with Gasteiger partial charge >= 0.3 is 5.97 Å². The summed E-state index contributed by atoms with van der Waals surface area (Å²) < 4.78 is 5.26. The lowest BCUT2D eigenvalue weighted by Crippen LogP contribution is -2.48. The number of hydrogen-bond donors (Lipinski definition) is 2. The van der Waals surface area contributed by atoms with Crippen molar-refractivity contribution in [2.75, 3.05) is 18.5 Å². The maximum Gasteiger partial charge on any atom is 0.371 e. The maximum absolute atomic E-state index is 11.8. The third kappa shape index (κ3) is 2.32. The number of amides is 1. The molecule has 2 rings (SSSR count). The van der Waals surface area contributed by atoms with E-state index >= 15 is 0 Å². The summed E-state index contributed by atoms with van der Waals surface area (Å²) in [5.41, 5.74) is 0. The lowest BCUT2D eigenvalue weighted by Gasteiger charge is -2.34. The van der Waals surface area contributed by atoms with Crippen LogP contribution in [0.3, 0.4) is 0 Å². The summed E-state index contributed by atoms with van der Waals surface area (Å²) >= 11 is 0. The highest BCUT2D eigenvalue weighted by atomic mass is 16.4. The smallest absolute Gasteiger partial charge is 0.371 e. The number of rotatable bonds is 3. The fourth-order valence-corrected chi connectivity index (χ4v) is 2.23. The van der Waals surface area contributed by atoms with Gasteiger partial charge in [-0.25, -0.2) is 4.79 Å². The molecule has 1 aromatic heterocycles. The molecule has 1 aliphatic heterocycles. The second kappa shape index (κ2) is 5.12.